The maximum absolute atomic E-state index is 12.1. The van der Waals surface area contributed by atoms with E-state index in [2.05, 4.69) is 31.2 Å². The maximum Gasteiger partial charge on any atom is 0.387 e. The topological polar surface area (TPSA) is 59.9 Å². The number of halogens is 3. The number of hydrogen-bond acceptors (Lipinski definition) is 4. The quantitative estimate of drug-likeness (QED) is 0.552. The summed E-state index contributed by atoms with van der Waals surface area (Å²) in [6.45, 7) is -1.37. The van der Waals surface area contributed by atoms with Gasteiger partial charge in [0.1, 0.15) is 11.5 Å². The lowest BCUT2D eigenvalue weighted by Crippen LogP contribution is -2.25. The van der Waals surface area contributed by atoms with Crippen molar-refractivity contribution in [1.82, 2.24) is 5.43 Å². The third-order valence-electron chi connectivity index (χ3n) is 3.03. The van der Waals surface area contributed by atoms with Crippen molar-refractivity contribution < 1.29 is 23.0 Å². The van der Waals surface area contributed by atoms with Crippen LogP contribution in [0.3, 0.4) is 0 Å². The summed E-state index contributed by atoms with van der Waals surface area (Å²) in [7, 11) is 0. The van der Waals surface area contributed by atoms with Crippen LogP contribution in [0.1, 0.15) is 12.5 Å². The third-order valence-corrected chi connectivity index (χ3v) is 3.56. The minimum Gasteiger partial charge on any atom is -0.484 e. The van der Waals surface area contributed by atoms with E-state index in [1.165, 1.54) is 12.1 Å². The van der Waals surface area contributed by atoms with Gasteiger partial charge in [0, 0.05) is 4.47 Å². The first-order valence-corrected chi connectivity index (χ1v) is 8.00. The average Bonchev–Trinajstić information content (AvgIpc) is 2.59. The summed E-state index contributed by atoms with van der Waals surface area (Å²) in [6, 6.07) is 13.0. The summed E-state index contributed by atoms with van der Waals surface area (Å²) in [4.78, 5) is 11.7. The van der Waals surface area contributed by atoms with Crippen molar-refractivity contribution in [2.75, 3.05) is 6.61 Å². The van der Waals surface area contributed by atoms with E-state index in [4.69, 9.17) is 4.74 Å². The normalized spacial score (nSPS) is 11.3. The van der Waals surface area contributed by atoms with Gasteiger partial charge in [0.15, 0.2) is 6.61 Å². The average molecular weight is 413 g/mol. The smallest absolute Gasteiger partial charge is 0.387 e. The highest BCUT2D eigenvalue weighted by Gasteiger charge is 2.06. The molecule has 1 amide bonds. The Bertz CT molecular complexity index is 735. The van der Waals surface area contributed by atoms with Crippen LogP contribution in [0.2, 0.25) is 0 Å². The fourth-order valence-electron chi connectivity index (χ4n) is 1.80. The first-order valence-electron chi connectivity index (χ1n) is 7.21. The molecule has 5 nitrogen and oxygen atoms in total. The molecule has 0 aliphatic heterocycles. The summed E-state index contributed by atoms with van der Waals surface area (Å²) in [6.07, 6.45) is 0. The first kappa shape index (κ1) is 18.9. The Balaban J connectivity index is 1.85. The van der Waals surface area contributed by atoms with Crippen LogP contribution in [0.25, 0.3) is 0 Å². The lowest BCUT2D eigenvalue weighted by atomic mass is 10.1. The van der Waals surface area contributed by atoms with E-state index in [1.54, 1.807) is 43.3 Å². The number of alkyl halides is 2. The number of benzene rings is 2. The molecular formula is C17H15BrF2N2O3. The molecule has 0 atom stereocenters. The van der Waals surface area contributed by atoms with Crippen LogP contribution in [0, 0.1) is 0 Å². The second-order valence-corrected chi connectivity index (χ2v) is 5.79. The second kappa shape index (κ2) is 9.12. The Morgan fingerprint density at radius 3 is 2.32 bits per heavy atom. The molecule has 25 heavy (non-hydrogen) atoms. The summed E-state index contributed by atoms with van der Waals surface area (Å²) in [5.74, 6) is 0.201. The molecule has 1 N–H and O–H groups in total. The maximum atomic E-state index is 12.1. The molecule has 0 aromatic heterocycles. The highest BCUT2D eigenvalue weighted by Crippen LogP contribution is 2.16. The summed E-state index contributed by atoms with van der Waals surface area (Å²) in [5.41, 5.74) is 3.55. The van der Waals surface area contributed by atoms with E-state index >= 15 is 0 Å². The van der Waals surface area contributed by atoms with Gasteiger partial charge in [-0.1, -0.05) is 15.9 Å². The lowest BCUT2D eigenvalue weighted by molar-refractivity contribution is -0.123. The van der Waals surface area contributed by atoms with Gasteiger partial charge < -0.3 is 9.47 Å². The van der Waals surface area contributed by atoms with Gasteiger partial charge >= 0.3 is 6.61 Å². The summed E-state index contributed by atoms with van der Waals surface area (Å²) in [5, 5.41) is 3.95. The van der Waals surface area contributed by atoms with Crippen LogP contribution in [0.5, 0.6) is 11.5 Å². The van der Waals surface area contributed by atoms with Gasteiger partial charge in [-0.3, -0.25) is 4.79 Å². The van der Waals surface area contributed by atoms with Crippen LogP contribution in [-0.2, 0) is 4.79 Å². The Hall–Kier alpha value is -2.48. The van der Waals surface area contributed by atoms with Gasteiger partial charge in [0.05, 0.1) is 5.71 Å². The van der Waals surface area contributed by atoms with Crippen LogP contribution in [0.15, 0.2) is 58.1 Å². The minimum atomic E-state index is -2.87. The molecule has 132 valence electrons. The highest BCUT2D eigenvalue weighted by atomic mass is 79.9. The summed E-state index contributed by atoms with van der Waals surface area (Å²) >= 11 is 3.31. The van der Waals surface area contributed by atoms with Crippen LogP contribution >= 0.6 is 15.9 Å². The molecule has 0 bridgehead atoms. The predicted octanol–water partition coefficient (Wildman–Crippen LogP) is 3.97. The molecule has 0 fully saturated rings. The number of ether oxygens (including phenoxy) is 2. The van der Waals surface area contributed by atoms with Crippen molar-refractivity contribution in [2.24, 2.45) is 5.10 Å². The van der Waals surface area contributed by atoms with E-state index in [1.807, 2.05) is 0 Å². The van der Waals surface area contributed by atoms with E-state index < -0.39 is 12.5 Å². The number of amides is 1. The molecule has 2 aromatic carbocycles. The molecule has 2 rings (SSSR count). The van der Waals surface area contributed by atoms with Gasteiger partial charge in [-0.2, -0.15) is 13.9 Å². The van der Waals surface area contributed by atoms with Crippen LogP contribution < -0.4 is 14.9 Å². The second-order valence-electron chi connectivity index (χ2n) is 4.88. The molecule has 0 spiro atoms. The minimum absolute atomic E-state index is 0.0542. The number of carbonyl (C=O) groups excluding carboxylic acids is 1. The molecule has 0 heterocycles. The molecule has 8 heteroatoms. The van der Waals surface area contributed by atoms with E-state index in [0.717, 1.165) is 4.47 Å². The zero-order valence-corrected chi connectivity index (χ0v) is 14.8. The number of hydrazone groups is 1. The zero-order chi connectivity index (χ0) is 18.2. The molecule has 0 aliphatic carbocycles. The third kappa shape index (κ3) is 6.50. The fraction of sp³-hybridized carbons (Fsp3) is 0.176. The molecule has 0 unspecified atom stereocenters. The van der Waals surface area contributed by atoms with Gasteiger partial charge in [0.25, 0.3) is 5.91 Å². The van der Waals surface area contributed by atoms with Crippen molar-refractivity contribution in [3.8, 4) is 11.5 Å². The largest absolute Gasteiger partial charge is 0.484 e. The molecule has 0 saturated carbocycles. The van der Waals surface area contributed by atoms with Crippen molar-refractivity contribution in [2.45, 2.75) is 13.5 Å². The number of rotatable bonds is 7. The summed E-state index contributed by atoms with van der Waals surface area (Å²) < 4.78 is 34.7. The van der Waals surface area contributed by atoms with Crippen molar-refractivity contribution in [1.29, 1.82) is 0 Å². The Kier molecular flexibility index (Phi) is 6.88. The van der Waals surface area contributed by atoms with Crippen molar-refractivity contribution in [3.05, 3.63) is 58.6 Å². The highest BCUT2D eigenvalue weighted by molar-refractivity contribution is 9.10. The van der Waals surface area contributed by atoms with Gasteiger partial charge in [-0.25, -0.2) is 5.43 Å². The van der Waals surface area contributed by atoms with E-state index in [9.17, 15) is 13.6 Å². The zero-order valence-electron chi connectivity index (χ0n) is 13.2. The molecule has 0 radical (unpaired) electrons. The van der Waals surface area contributed by atoms with E-state index in [-0.39, 0.29) is 12.4 Å². The molecule has 2 aromatic rings. The molecular weight excluding hydrogens is 398 g/mol. The number of nitrogens with one attached hydrogen (secondary N) is 1. The van der Waals surface area contributed by atoms with Gasteiger partial charge in [-0.15, -0.1) is 0 Å². The Morgan fingerprint density at radius 2 is 1.72 bits per heavy atom. The Morgan fingerprint density at radius 1 is 1.12 bits per heavy atom. The standard InChI is InChI=1S/C17H15BrF2N2O3/c1-11(12-2-6-15(7-3-12)25-17(19)20)21-22-16(23)10-24-14-8-4-13(18)5-9-14/h2-9,17H,10H2,1H3,(H,22,23)/b21-11-. The number of hydrogen-bond donors (Lipinski definition) is 1. The van der Waals surface area contributed by atoms with Crippen LogP contribution in [-0.4, -0.2) is 24.8 Å². The SMILES string of the molecule is C/C(=N/NC(=O)COc1ccc(Br)cc1)c1ccc(OC(F)F)cc1. The van der Waals surface area contributed by atoms with Crippen molar-refractivity contribution >= 4 is 27.5 Å². The molecule has 0 saturated heterocycles. The van der Waals surface area contributed by atoms with Gasteiger partial charge in [0.2, 0.25) is 0 Å². The predicted molar refractivity (Wildman–Crippen MR) is 93.1 cm³/mol. The van der Waals surface area contributed by atoms with Gasteiger partial charge in [-0.05, 0) is 61.0 Å². The number of carbonyl (C=O) groups is 1. The number of nitrogens with zero attached hydrogens (tertiary/aromatic N) is 1. The lowest BCUT2D eigenvalue weighted by Gasteiger charge is -2.07. The van der Waals surface area contributed by atoms with E-state index in [0.29, 0.717) is 17.0 Å². The monoisotopic (exact) mass is 412 g/mol. The molecule has 0 aliphatic rings. The van der Waals surface area contributed by atoms with Crippen LogP contribution in [0.4, 0.5) is 8.78 Å². The van der Waals surface area contributed by atoms with Crippen molar-refractivity contribution in [3.63, 3.8) is 0 Å². The fourth-order valence-corrected chi connectivity index (χ4v) is 2.06. The Labute approximate surface area is 151 Å². The first-order chi connectivity index (χ1) is 11.9.